The first-order valence-electron chi connectivity index (χ1n) is 5.50. The third-order valence-corrected chi connectivity index (χ3v) is 2.11. The van der Waals surface area contributed by atoms with Crippen molar-refractivity contribution >= 4 is 11.9 Å². The van der Waals surface area contributed by atoms with Crippen LogP contribution in [0.15, 0.2) is 0 Å². The first-order chi connectivity index (χ1) is 7.92. The maximum Gasteiger partial charge on any atom is 0.408 e. The molecule has 106 valence electrons. The Bertz CT molecular complexity index is 308. The molecule has 0 saturated carbocycles. The predicted octanol–water partition coefficient (Wildman–Crippen LogP) is 2.33. The van der Waals surface area contributed by atoms with Crippen LogP contribution in [0.4, 0.5) is 13.2 Å². The van der Waals surface area contributed by atoms with Gasteiger partial charge < -0.3 is 10.4 Å². The SMILES string of the molecule is CC(C)(C)CC(NC(=O)CCC(=O)O)C(F)(F)F. The van der Waals surface area contributed by atoms with Crippen LogP contribution in [-0.4, -0.2) is 29.2 Å². The van der Waals surface area contributed by atoms with Crippen LogP contribution in [0.25, 0.3) is 0 Å². The molecule has 18 heavy (non-hydrogen) atoms. The number of nitrogens with one attached hydrogen (secondary N) is 1. The third kappa shape index (κ3) is 7.92. The lowest BCUT2D eigenvalue weighted by molar-refractivity contribution is -0.167. The van der Waals surface area contributed by atoms with Crippen molar-refractivity contribution in [3.05, 3.63) is 0 Å². The van der Waals surface area contributed by atoms with Gasteiger partial charge in [0.05, 0.1) is 6.42 Å². The Morgan fingerprint density at radius 1 is 1.17 bits per heavy atom. The number of amides is 1. The van der Waals surface area contributed by atoms with E-state index in [4.69, 9.17) is 5.11 Å². The molecule has 0 aliphatic carbocycles. The molecule has 2 N–H and O–H groups in total. The maximum absolute atomic E-state index is 12.7. The van der Waals surface area contributed by atoms with E-state index in [1.54, 1.807) is 20.8 Å². The third-order valence-electron chi connectivity index (χ3n) is 2.11. The van der Waals surface area contributed by atoms with E-state index < -0.39 is 42.4 Å². The van der Waals surface area contributed by atoms with E-state index in [2.05, 4.69) is 0 Å². The summed E-state index contributed by atoms with van der Waals surface area (Å²) in [5.74, 6) is -2.12. The van der Waals surface area contributed by atoms with Crippen molar-refractivity contribution in [2.45, 2.75) is 52.3 Å². The van der Waals surface area contributed by atoms with Crippen LogP contribution >= 0.6 is 0 Å². The lowest BCUT2D eigenvalue weighted by Gasteiger charge is -2.28. The Labute approximate surface area is 104 Å². The minimum atomic E-state index is -4.54. The second kappa shape index (κ2) is 6.06. The summed E-state index contributed by atoms with van der Waals surface area (Å²) in [7, 11) is 0. The molecular formula is C11H18F3NO3. The second-order valence-corrected chi connectivity index (χ2v) is 5.32. The van der Waals surface area contributed by atoms with Gasteiger partial charge >= 0.3 is 12.1 Å². The number of rotatable bonds is 5. The molecule has 1 unspecified atom stereocenters. The first-order valence-corrected chi connectivity index (χ1v) is 5.50. The van der Waals surface area contributed by atoms with E-state index in [0.717, 1.165) is 0 Å². The largest absolute Gasteiger partial charge is 0.481 e. The van der Waals surface area contributed by atoms with Gasteiger partial charge in [0.2, 0.25) is 5.91 Å². The number of halogens is 3. The number of carboxylic acid groups (broad SMARTS) is 1. The molecular weight excluding hydrogens is 251 g/mol. The average molecular weight is 269 g/mol. The van der Waals surface area contributed by atoms with Crippen molar-refractivity contribution < 1.29 is 27.9 Å². The normalized spacial score (nSPS) is 14.1. The zero-order chi connectivity index (χ0) is 14.6. The van der Waals surface area contributed by atoms with Gasteiger partial charge in [-0.05, 0) is 11.8 Å². The van der Waals surface area contributed by atoms with Gasteiger partial charge in [0.15, 0.2) is 0 Å². The van der Waals surface area contributed by atoms with Crippen molar-refractivity contribution in [3.8, 4) is 0 Å². The van der Waals surface area contributed by atoms with Crippen LogP contribution in [0.1, 0.15) is 40.0 Å². The zero-order valence-corrected chi connectivity index (χ0v) is 10.6. The molecule has 0 heterocycles. The molecule has 0 aromatic carbocycles. The van der Waals surface area contributed by atoms with Crippen LogP contribution in [0.3, 0.4) is 0 Å². The molecule has 0 aromatic rings. The summed E-state index contributed by atoms with van der Waals surface area (Å²) in [5.41, 5.74) is -0.597. The summed E-state index contributed by atoms with van der Waals surface area (Å²) in [5, 5.41) is 10.2. The number of aliphatic carboxylic acids is 1. The van der Waals surface area contributed by atoms with Gasteiger partial charge in [-0.15, -0.1) is 0 Å². The fourth-order valence-electron chi connectivity index (χ4n) is 1.35. The summed E-state index contributed by atoms with van der Waals surface area (Å²) >= 11 is 0. The first kappa shape index (κ1) is 16.7. The highest BCUT2D eigenvalue weighted by molar-refractivity contribution is 5.80. The quantitative estimate of drug-likeness (QED) is 0.805. The van der Waals surface area contributed by atoms with Crippen LogP contribution in [0.2, 0.25) is 0 Å². The smallest absolute Gasteiger partial charge is 0.408 e. The molecule has 1 amide bonds. The molecule has 4 nitrogen and oxygen atoms in total. The number of carbonyl (C=O) groups excluding carboxylic acids is 1. The molecule has 0 spiro atoms. The highest BCUT2D eigenvalue weighted by Gasteiger charge is 2.42. The zero-order valence-electron chi connectivity index (χ0n) is 10.6. The lowest BCUT2D eigenvalue weighted by atomic mass is 9.88. The highest BCUT2D eigenvalue weighted by atomic mass is 19.4. The number of hydrogen-bond donors (Lipinski definition) is 2. The summed E-state index contributed by atoms with van der Waals surface area (Å²) in [6.45, 7) is 4.90. The molecule has 0 radical (unpaired) electrons. The van der Waals surface area contributed by atoms with Crippen molar-refractivity contribution in [1.29, 1.82) is 0 Å². The van der Waals surface area contributed by atoms with Gasteiger partial charge in [0.1, 0.15) is 6.04 Å². The molecule has 1 atom stereocenters. The van der Waals surface area contributed by atoms with Crippen LogP contribution in [-0.2, 0) is 9.59 Å². The van der Waals surface area contributed by atoms with Crippen molar-refractivity contribution in [1.82, 2.24) is 5.32 Å². The van der Waals surface area contributed by atoms with E-state index in [9.17, 15) is 22.8 Å². The fraction of sp³-hybridized carbons (Fsp3) is 0.818. The van der Waals surface area contributed by atoms with E-state index in [-0.39, 0.29) is 6.42 Å². The van der Waals surface area contributed by atoms with Crippen LogP contribution in [0, 0.1) is 5.41 Å². The Morgan fingerprint density at radius 3 is 2.00 bits per heavy atom. The molecule has 0 bridgehead atoms. The van der Waals surface area contributed by atoms with Gasteiger partial charge in [0.25, 0.3) is 0 Å². The van der Waals surface area contributed by atoms with Crippen LogP contribution in [0.5, 0.6) is 0 Å². The standard InChI is InChI=1S/C11H18F3NO3/c1-10(2,3)6-7(11(12,13)14)15-8(16)4-5-9(17)18/h7H,4-6H2,1-3H3,(H,15,16)(H,17,18). The van der Waals surface area contributed by atoms with Crippen LogP contribution < -0.4 is 5.32 Å². The summed E-state index contributed by atoms with van der Waals surface area (Å²) in [4.78, 5) is 21.4. The van der Waals surface area contributed by atoms with Gasteiger partial charge in [-0.1, -0.05) is 20.8 Å². The fourth-order valence-corrected chi connectivity index (χ4v) is 1.35. The number of carboxylic acids is 1. The molecule has 0 rings (SSSR count). The topological polar surface area (TPSA) is 66.4 Å². The van der Waals surface area contributed by atoms with Crippen molar-refractivity contribution in [2.24, 2.45) is 5.41 Å². The van der Waals surface area contributed by atoms with E-state index in [1.165, 1.54) is 0 Å². The molecule has 0 aromatic heterocycles. The Morgan fingerprint density at radius 2 is 1.67 bits per heavy atom. The number of alkyl halides is 3. The monoisotopic (exact) mass is 269 g/mol. The lowest BCUT2D eigenvalue weighted by Crippen LogP contribution is -2.47. The maximum atomic E-state index is 12.7. The minimum Gasteiger partial charge on any atom is -0.481 e. The van der Waals surface area contributed by atoms with Gasteiger partial charge in [-0.25, -0.2) is 0 Å². The van der Waals surface area contributed by atoms with Gasteiger partial charge in [-0.2, -0.15) is 13.2 Å². The Hall–Kier alpha value is -1.27. The minimum absolute atomic E-state index is 0.255. The van der Waals surface area contributed by atoms with Crippen molar-refractivity contribution in [3.63, 3.8) is 0 Å². The number of carbonyl (C=O) groups is 2. The predicted molar refractivity (Wildman–Crippen MR) is 58.9 cm³/mol. The molecule has 0 aliphatic heterocycles. The average Bonchev–Trinajstić information content (AvgIpc) is 2.10. The molecule has 0 aliphatic rings. The number of hydrogen-bond acceptors (Lipinski definition) is 2. The highest BCUT2D eigenvalue weighted by Crippen LogP contribution is 2.30. The molecule has 7 heteroatoms. The Kier molecular flexibility index (Phi) is 5.63. The van der Waals surface area contributed by atoms with E-state index >= 15 is 0 Å². The van der Waals surface area contributed by atoms with E-state index in [1.807, 2.05) is 5.32 Å². The van der Waals surface area contributed by atoms with Gasteiger partial charge in [-0.3, -0.25) is 9.59 Å². The Balaban J connectivity index is 4.52. The van der Waals surface area contributed by atoms with Crippen molar-refractivity contribution in [2.75, 3.05) is 0 Å². The van der Waals surface area contributed by atoms with E-state index in [0.29, 0.717) is 0 Å². The summed E-state index contributed by atoms with van der Waals surface area (Å²) < 4.78 is 38.0. The van der Waals surface area contributed by atoms with Gasteiger partial charge in [0, 0.05) is 6.42 Å². The second-order valence-electron chi connectivity index (χ2n) is 5.32. The summed E-state index contributed by atoms with van der Waals surface area (Å²) in [6, 6.07) is -1.95. The summed E-state index contributed by atoms with van der Waals surface area (Å²) in [6.07, 6.45) is -5.72. The molecule has 0 saturated heterocycles. The molecule has 0 fully saturated rings.